The number of phenols is 1. The Morgan fingerprint density at radius 2 is 1.71 bits per heavy atom. The van der Waals surface area contributed by atoms with Gasteiger partial charge in [0.15, 0.2) is 0 Å². The molecule has 0 heterocycles. The van der Waals surface area contributed by atoms with Crippen molar-refractivity contribution < 1.29 is 29.0 Å². The minimum atomic E-state index is -0.894. The molecule has 0 aromatic heterocycles. The molecule has 8 nitrogen and oxygen atoms in total. The van der Waals surface area contributed by atoms with Crippen molar-refractivity contribution >= 4 is 17.8 Å². The molecule has 0 spiro atoms. The van der Waals surface area contributed by atoms with Crippen LogP contribution < -0.4 is 11.1 Å². The largest absolute Gasteiger partial charge is 0.508 e. The van der Waals surface area contributed by atoms with Crippen molar-refractivity contribution in [3.05, 3.63) is 29.8 Å². The third-order valence-electron chi connectivity index (χ3n) is 3.38. The molecule has 0 aliphatic heterocycles. The molecule has 1 aromatic carbocycles. The maximum absolute atomic E-state index is 12.0. The second kappa shape index (κ2) is 9.51. The molecule has 0 unspecified atom stereocenters. The van der Waals surface area contributed by atoms with E-state index in [-0.39, 0.29) is 25.0 Å². The number of carbonyl (C=O) groups is 3. The SMILES string of the molecule is COC(=O)[C@H](Cc1ccc(O)cc1)NC(=O)CC[C@H](N)C(=O)OC. The van der Waals surface area contributed by atoms with Crippen LogP contribution in [0.5, 0.6) is 5.75 Å². The average Bonchev–Trinajstić information content (AvgIpc) is 2.59. The quantitative estimate of drug-likeness (QED) is 0.563. The molecule has 24 heavy (non-hydrogen) atoms. The van der Waals surface area contributed by atoms with Gasteiger partial charge in [-0.1, -0.05) is 12.1 Å². The summed E-state index contributed by atoms with van der Waals surface area (Å²) < 4.78 is 9.17. The number of esters is 2. The minimum Gasteiger partial charge on any atom is -0.508 e. The summed E-state index contributed by atoms with van der Waals surface area (Å²) in [6, 6.07) is 4.49. The van der Waals surface area contributed by atoms with E-state index in [1.54, 1.807) is 12.1 Å². The van der Waals surface area contributed by atoms with E-state index in [0.717, 1.165) is 5.56 Å². The summed E-state index contributed by atoms with van der Waals surface area (Å²) in [5, 5.41) is 11.8. The van der Waals surface area contributed by atoms with Crippen molar-refractivity contribution in [1.29, 1.82) is 0 Å². The Hall–Kier alpha value is -2.61. The van der Waals surface area contributed by atoms with Crippen molar-refractivity contribution in [2.75, 3.05) is 14.2 Å². The average molecular weight is 338 g/mol. The number of nitrogens with two attached hydrogens (primary N) is 1. The molecule has 1 rings (SSSR count). The zero-order valence-electron chi connectivity index (χ0n) is 13.7. The summed E-state index contributed by atoms with van der Waals surface area (Å²) in [5.74, 6) is -1.51. The Labute approximate surface area is 139 Å². The number of aromatic hydroxyl groups is 1. The molecule has 1 aromatic rings. The first-order chi connectivity index (χ1) is 11.4. The van der Waals surface area contributed by atoms with Crippen molar-refractivity contribution in [3.63, 3.8) is 0 Å². The first-order valence-corrected chi connectivity index (χ1v) is 7.36. The van der Waals surface area contributed by atoms with Gasteiger partial charge in [0.1, 0.15) is 17.8 Å². The summed E-state index contributed by atoms with van der Waals surface area (Å²) >= 11 is 0. The van der Waals surface area contributed by atoms with E-state index in [1.165, 1.54) is 26.4 Å². The van der Waals surface area contributed by atoms with E-state index in [0.29, 0.717) is 0 Å². The van der Waals surface area contributed by atoms with E-state index in [1.807, 2.05) is 0 Å². The highest BCUT2D eigenvalue weighted by Crippen LogP contribution is 2.12. The fourth-order valence-corrected chi connectivity index (χ4v) is 2.03. The molecule has 4 N–H and O–H groups in total. The van der Waals surface area contributed by atoms with Gasteiger partial charge in [-0.25, -0.2) is 4.79 Å². The number of ether oxygens (including phenoxy) is 2. The zero-order valence-corrected chi connectivity index (χ0v) is 13.7. The second-order valence-electron chi connectivity index (χ2n) is 5.18. The van der Waals surface area contributed by atoms with Crippen LogP contribution in [0.25, 0.3) is 0 Å². The highest BCUT2D eigenvalue weighted by molar-refractivity contribution is 5.85. The Morgan fingerprint density at radius 1 is 1.12 bits per heavy atom. The lowest BCUT2D eigenvalue weighted by Crippen LogP contribution is -2.43. The number of phenolic OH excluding ortho intramolecular Hbond substituents is 1. The number of methoxy groups -OCH3 is 2. The number of amides is 1. The number of nitrogens with one attached hydrogen (secondary N) is 1. The van der Waals surface area contributed by atoms with E-state index >= 15 is 0 Å². The topological polar surface area (TPSA) is 128 Å². The van der Waals surface area contributed by atoms with Gasteiger partial charge in [0.05, 0.1) is 14.2 Å². The predicted molar refractivity (Wildman–Crippen MR) is 85.0 cm³/mol. The normalized spacial score (nSPS) is 12.8. The lowest BCUT2D eigenvalue weighted by atomic mass is 10.1. The molecule has 0 aliphatic carbocycles. The number of rotatable bonds is 8. The molecule has 0 aliphatic rings. The number of benzene rings is 1. The van der Waals surface area contributed by atoms with Crippen LogP contribution in [0.15, 0.2) is 24.3 Å². The van der Waals surface area contributed by atoms with Gasteiger partial charge in [0.25, 0.3) is 0 Å². The van der Waals surface area contributed by atoms with E-state index in [9.17, 15) is 19.5 Å². The Balaban J connectivity index is 2.62. The summed E-state index contributed by atoms with van der Waals surface area (Å²) in [4.78, 5) is 35.0. The second-order valence-corrected chi connectivity index (χ2v) is 5.18. The van der Waals surface area contributed by atoms with Crippen LogP contribution in [0.3, 0.4) is 0 Å². The first-order valence-electron chi connectivity index (χ1n) is 7.36. The molecule has 0 fully saturated rings. The Morgan fingerprint density at radius 3 is 2.25 bits per heavy atom. The first kappa shape index (κ1) is 19.4. The van der Waals surface area contributed by atoms with Crippen LogP contribution in [-0.2, 0) is 30.3 Å². The van der Waals surface area contributed by atoms with E-state index in [4.69, 9.17) is 5.73 Å². The molecule has 0 saturated carbocycles. The zero-order chi connectivity index (χ0) is 18.1. The lowest BCUT2D eigenvalue weighted by Gasteiger charge is -2.17. The van der Waals surface area contributed by atoms with Gasteiger partial charge >= 0.3 is 11.9 Å². The van der Waals surface area contributed by atoms with Crippen LogP contribution in [0.4, 0.5) is 0 Å². The van der Waals surface area contributed by atoms with Gasteiger partial charge in [-0.15, -0.1) is 0 Å². The summed E-state index contributed by atoms with van der Waals surface area (Å²) in [7, 11) is 2.44. The number of hydrogen-bond donors (Lipinski definition) is 3. The molecule has 0 saturated heterocycles. The number of carbonyl (C=O) groups excluding carboxylic acids is 3. The molecule has 8 heteroatoms. The van der Waals surface area contributed by atoms with Crippen LogP contribution in [0.1, 0.15) is 18.4 Å². The van der Waals surface area contributed by atoms with Gasteiger partial charge in [-0.3, -0.25) is 9.59 Å². The molecule has 2 atom stereocenters. The lowest BCUT2D eigenvalue weighted by molar-refractivity contribution is -0.145. The van der Waals surface area contributed by atoms with Gasteiger partial charge < -0.3 is 25.6 Å². The fourth-order valence-electron chi connectivity index (χ4n) is 2.03. The van der Waals surface area contributed by atoms with Gasteiger partial charge in [-0.05, 0) is 24.1 Å². The third kappa shape index (κ3) is 6.25. The van der Waals surface area contributed by atoms with Crippen molar-refractivity contribution in [3.8, 4) is 5.75 Å². The number of hydrogen-bond acceptors (Lipinski definition) is 7. The molecule has 1 amide bonds. The van der Waals surface area contributed by atoms with Crippen molar-refractivity contribution in [2.45, 2.75) is 31.3 Å². The fraction of sp³-hybridized carbons (Fsp3) is 0.438. The third-order valence-corrected chi connectivity index (χ3v) is 3.38. The van der Waals surface area contributed by atoms with Crippen LogP contribution in [0, 0.1) is 0 Å². The maximum Gasteiger partial charge on any atom is 0.328 e. The molecular weight excluding hydrogens is 316 g/mol. The standard InChI is InChI=1S/C16H22N2O6/c1-23-15(21)12(17)7-8-14(20)18-13(16(22)24-2)9-10-3-5-11(19)6-4-10/h3-6,12-13,19H,7-9,17H2,1-2H3,(H,18,20)/t12-,13-/m0/s1. The van der Waals surface area contributed by atoms with Gasteiger partial charge in [0, 0.05) is 12.8 Å². The summed E-state index contributed by atoms with van der Waals surface area (Å²) in [5.41, 5.74) is 6.31. The monoisotopic (exact) mass is 338 g/mol. The summed E-state index contributed by atoms with van der Waals surface area (Å²) in [6.07, 6.45) is 0.284. The van der Waals surface area contributed by atoms with E-state index < -0.39 is 29.9 Å². The highest BCUT2D eigenvalue weighted by Gasteiger charge is 2.23. The Bertz CT molecular complexity index is 572. The predicted octanol–water partition coefficient (Wildman–Crippen LogP) is -0.127. The minimum absolute atomic E-state index is 0.0284. The van der Waals surface area contributed by atoms with Gasteiger partial charge in [0.2, 0.25) is 5.91 Å². The molecular formula is C16H22N2O6. The van der Waals surface area contributed by atoms with Crippen LogP contribution >= 0.6 is 0 Å². The molecule has 0 bridgehead atoms. The van der Waals surface area contributed by atoms with Crippen LogP contribution in [-0.4, -0.2) is 49.3 Å². The molecule has 0 radical (unpaired) electrons. The smallest absolute Gasteiger partial charge is 0.328 e. The van der Waals surface area contributed by atoms with Crippen LogP contribution in [0.2, 0.25) is 0 Å². The highest BCUT2D eigenvalue weighted by atomic mass is 16.5. The Kier molecular flexibility index (Phi) is 7.70. The maximum atomic E-state index is 12.0. The van der Waals surface area contributed by atoms with Crippen molar-refractivity contribution in [1.82, 2.24) is 5.32 Å². The summed E-state index contributed by atoms with van der Waals surface area (Å²) in [6.45, 7) is 0. The van der Waals surface area contributed by atoms with Crippen molar-refractivity contribution in [2.24, 2.45) is 5.73 Å². The molecule has 132 valence electrons. The van der Waals surface area contributed by atoms with Gasteiger partial charge in [-0.2, -0.15) is 0 Å². The van der Waals surface area contributed by atoms with E-state index in [2.05, 4.69) is 14.8 Å².